The van der Waals surface area contributed by atoms with Crippen molar-refractivity contribution in [2.75, 3.05) is 7.11 Å². The number of aryl methyl sites for hydroxylation is 1. The van der Waals surface area contributed by atoms with E-state index in [9.17, 15) is 0 Å². The Morgan fingerprint density at radius 3 is 2.79 bits per heavy atom. The van der Waals surface area contributed by atoms with Gasteiger partial charge in [-0.25, -0.2) is 0 Å². The zero-order valence-corrected chi connectivity index (χ0v) is 11.3. The van der Waals surface area contributed by atoms with Gasteiger partial charge in [-0.3, -0.25) is 0 Å². The van der Waals surface area contributed by atoms with Crippen LogP contribution in [-0.2, 0) is 13.0 Å². The molecule has 19 heavy (non-hydrogen) atoms. The first-order chi connectivity index (χ1) is 9.40. The maximum atomic E-state index is 5.43. The quantitative estimate of drug-likeness (QED) is 0.830. The first-order valence-corrected chi connectivity index (χ1v) is 6.95. The Kier molecular flexibility index (Phi) is 3.49. The molecular weight excluding hydrogens is 238 g/mol. The number of para-hydroxylation sites is 1. The van der Waals surface area contributed by atoms with Crippen molar-refractivity contribution in [3.8, 4) is 17.1 Å². The highest BCUT2D eigenvalue weighted by Gasteiger charge is 2.17. The van der Waals surface area contributed by atoms with E-state index in [-0.39, 0.29) is 0 Å². The third-order valence-corrected chi connectivity index (χ3v) is 3.71. The van der Waals surface area contributed by atoms with Gasteiger partial charge in [0.25, 0.3) is 0 Å². The third kappa shape index (κ3) is 2.35. The molecular formula is C15H19N3O. The topological polar surface area (TPSA) is 39.9 Å². The molecule has 0 saturated carbocycles. The van der Waals surface area contributed by atoms with Crippen molar-refractivity contribution in [2.45, 2.75) is 38.6 Å². The summed E-state index contributed by atoms with van der Waals surface area (Å²) >= 11 is 0. The number of methoxy groups -OCH3 is 1. The van der Waals surface area contributed by atoms with Gasteiger partial charge < -0.3 is 9.30 Å². The van der Waals surface area contributed by atoms with Crippen LogP contribution in [0.3, 0.4) is 0 Å². The lowest BCUT2D eigenvalue weighted by Crippen LogP contribution is -2.09. The molecule has 2 heterocycles. The maximum absolute atomic E-state index is 5.43. The molecule has 0 aliphatic carbocycles. The molecule has 4 nitrogen and oxygen atoms in total. The van der Waals surface area contributed by atoms with E-state index in [0.29, 0.717) is 0 Å². The second-order valence-corrected chi connectivity index (χ2v) is 4.96. The predicted octanol–water partition coefficient (Wildman–Crippen LogP) is 3.07. The molecule has 2 aromatic rings. The summed E-state index contributed by atoms with van der Waals surface area (Å²) in [5.41, 5.74) is 1.03. The lowest BCUT2D eigenvalue weighted by molar-refractivity contribution is 0.415. The second-order valence-electron chi connectivity index (χ2n) is 4.96. The summed E-state index contributed by atoms with van der Waals surface area (Å²) < 4.78 is 7.70. The van der Waals surface area contributed by atoms with Crippen LogP contribution >= 0.6 is 0 Å². The van der Waals surface area contributed by atoms with Gasteiger partial charge in [-0.2, -0.15) is 0 Å². The van der Waals surface area contributed by atoms with E-state index < -0.39 is 0 Å². The Bertz CT molecular complexity index is 562. The van der Waals surface area contributed by atoms with Gasteiger partial charge in [-0.1, -0.05) is 25.0 Å². The fourth-order valence-corrected chi connectivity index (χ4v) is 2.69. The molecule has 0 amide bonds. The van der Waals surface area contributed by atoms with E-state index >= 15 is 0 Å². The van der Waals surface area contributed by atoms with E-state index in [1.165, 1.54) is 25.7 Å². The molecule has 0 bridgehead atoms. The standard InChI is InChI=1S/C15H19N3O/c1-19-13-9-6-5-8-12(13)15-17-16-14-10-4-2-3-7-11-18(14)15/h5-6,8-9H,2-4,7,10-11H2,1H3. The summed E-state index contributed by atoms with van der Waals surface area (Å²) in [6, 6.07) is 8.02. The van der Waals surface area contributed by atoms with Crippen LogP contribution in [0.1, 0.15) is 31.5 Å². The van der Waals surface area contributed by atoms with Gasteiger partial charge in [0.1, 0.15) is 11.6 Å². The monoisotopic (exact) mass is 257 g/mol. The Hall–Kier alpha value is -1.84. The second kappa shape index (κ2) is 5.43. The fraction of sp³-hybridized carbons (Fsp3) is 0.467. The van der Waals surface area contributed by atoms with Crippen LogP contribution in [0, 0.1) is 0 Å². The smallest absolute Gasteiger partial charge is 0.167 e. The number of ether oxygens (including phenoxy) is 1. The molecule has 0 atom stereocenters. The molecule has 0 unspecified atom stereocenters. The van der Waals surface area contributed by atoms with Crippen LogP contribution in [0.15, 0.2) is 24.3 Å². The van der Waals surface area contributed by atoms with Crippen LogP contribution in [0.4, 0.5) is 0 Å². The lowest BCUT2D eigenvalue weighted by Gasteiger charge is -2.14. The van der Waals surface area contributed by atoms with Gasteiger partial charge in [-0.05, 0) is 25.0 Å². The molecule has 0 fully saturated rings. The van der Waals surface area contributed by atoms with Crippen molar-refractivity contribution in [3.63, 3.8) is 0 Å². The molecule has 1 aromatic carbocycles. The molecule has 100 valence electrons. The number of aromatic nitrogens is 3. The summed E-state index contributed by atoms with van der Waals surface area (Å²) in [5, 5.41) is 8.76. The first kappa shape index (κ1) is 12.2. The predicted molar refractivity (Wildman–Crippen MR) is 74.2 cm³/mol. The Morgan fingerprint density at radius 1 is 1.05 bits per heavy atom. The Labute approximate surface area is 113 Å². The lowest BCUT2D eigenvalue weighted by atomic mass is 10.1. The molecule has 1 aliphatic rings. The van der Waals surface area contributed by atoms with E-state index in [2.05, 4.69) is 20.8 Å². The van der Waals surface area contributed by atoms with E-state index in [1.807, 2.05) is 18.2 Å². The van der Waals surface area contributed by atoms with Crippen LogP contribution in [0.25, 0.3) is 11.4 Å². The van der Waals surface area contributed by atoms with Gasteiger partial charge in [0.05, 0.1) is 12.7 Å². The highest BCUT2D eigenvalue weighted by atomic mass is 16.5. The number of fused-ring (bicyclic) bond motifs is 1. The Balaban J connectivity index is 2.05. The third-order valence-electron chi connectivity index (χ3n) is 3.71. The minimum Gasteiger partial charge on any atom is -0.496 e. The van der Waals surface area contributed by atoms with Gasteiger partial charge in [-0.15, -0.1) is 10.2 Å². The van der Waals surface area contributed by atoms with Gasteiger partial charge in [0.15, 0.2) is 5.82 Å². The van der Waals surface area contributed by atoms with Crippen LogP contribution < -0.4 is 4.74 Å². The SMILES string of the molecule is COc1ccccc1-c1nnc2n1CCCCCC2. The number of benzene rings is 1. The molecule has 1 aromatic heterocycles. The van der Waals surface area contributed by atoms with Crippen LogP contribution in [0.5, 0.6) is 5.75 Å². The highest BCUT2D eigenvalue weighted by molar-refractivity contribution is 5.64. The fourth-order valence-electron chi connectivity index (χ4n) is 2.69. The maximum Gasteiger partial charge on any atom is 0.167 e. The molecule has 0 saturated heterocycles. The van der Waals surface area contributed by atoms with Crippen molar-refractivity contribution in [1.29, 1.82) is 0 Å². The van der Waals surface area contributed by atoms with Crippen LogP contribution in [0.2, 0.25) is 0 Å². The summed E-state index contributed by atoms with van der Waals surface area (Å²) in [6.45, 7) is 1.01. The minimum absolute atomic E-state index is 0.861. The zero-order valence-electron chi connectivity index (χ0n) is 11.3. The number of rotatable bonds is 2. The largest absolute Gasteiger partial charge is 0.496 e. The molecule has 0 spiro atoms. The van der Waals surface area contributed by atoms with Crippen LogP contribution in [-0.4, -0.2) is 21.9 Å². The number of hydrogen-bond acceptors (Lipinski definition) is 3. The van der Waals surface area contributed by atoms with E-state index in [0.717, 1.165) is 35.9 Å². The molecule has 0 N–H and O–H groups in total. The van der Waals surface area contributed by atoms with E-state index in [4.69, 9.17) is 4.74 Å². The average molecular weight is 257 g/mol. The zero-order chi connectivity index (χ0) is 13.1. The minimum atomic E-state index is 0.861. The Morgan fingerprint density at radius 2 is 1.89 bits per heavy atom. The average Bonchev–Trinajstić information content (AvgIpc) is 2.80. The molecule has 0 radical (unpaired) electrons. The van der Waals surface area contributed by atoms with Crippen molar-refractivity contribution >= 4 is 0 Å². The summed E-state index contributed by atoms with van der Waals surface area (Å²) in [5.74, 6) is 2.91. The first-order valence-electron chi connectivity index (χ1n) is 6.95. The number of hydrogen-bond donors (Lipinski definition) is 0. The highest BCUT2D eigenvalue weighted by Crippen LogP contribution is 2.29. The van der Waals surface area contributed by atoms with Crippen molar-refractivity contribution in [2.24, 2.45) is 0 Å². The summed E-state index contributed by atoms with van der Waals surface area (Å²) in [4.78, 5) is 0. The normalized spacial score (nSPS) is 15.4. The summed E-state index contributed by atoms with van der Waals surface area (Å²) in [7, 11) is 1.70. The van der Waals surface area contributed by atoms with Crippen molar-refractivity contribution in [3.05, 3.63) is 30.1 Å². The molecule has 1 aliphatic heterocycles. The summed E-state index contributed by atoms with van der Waals surface area (Å²) in [6.07, 6.45) is 6.04. The van der Waals surface area contributed by atoms with Gasteiger partial charge in [0, 0.05) is 13.0 Å². The van der Waals surface area contributed by atoms with E-state index in [1.54, 1.807) is 7.11 Å². The van der Waals surface area contributed by atoms with Gasteiger partial charge in [0.2, 0.25) is 0 Å². The molecule has 4 heteroatoms. The van der Waals surface area contributed by atoms with Gasteiger partial charge >= 0.3 is 0 Å². The molecule has 3 rings (SSSR count). The number of nitrogens with zero attached hydrogens (tertiary/aromatic N) is 3. The van der Waals surface area contributed by atoms with Crippen molar-refractivity contribution in [1.82, 2.24) is 14.8 Å². The van der Waals surface area contributed by atoms with Crippen molar-refractivity contribution < 1.29 is 4.74 Å².